The fourth-order valence-electron chi connectivity index (χ4n) is 8.49. The first-order valence-electron chi connectivity index (χ1n) is 11.8. The lowest BCUT2D eigenvalue weighted by atomic mass is 9.48. The van der Waals surface area contributed by atoms with Crippen molar-refractivity contribution in [3.63, 3.8) is 0 Å². The number of hydrogen-bond acceptors (Lipinski definition) is 3. The van der Waals surface area contributed by atoms with E-state index in [1.165, 1.54) is 44.9 Å². The summed E-state index contributed by atoms with van der Waals surface area (Å²) in [5, 5.41) is 20.8. The SMILES string of the molecule is CCOC[C@@]1(O)CCC2[C@@H](CCC3[C@@H]2CC[C@]2(C)C(C(C)CO)CC[C@@H]32)C1. The van der Waals surface area contributed by atoms with Crippen LogP contribution in [-0.4, -0.2) is 35.6 Å². The number of ether oxygens (including phenoxy) is 1. The molecule has 0 aliphatic heterocycles. The molecular weight excluding hydrogens is 336 g/mol. The van der Waals surface area contributed by atoms with Crippen LogP contribution in [-0.2, 0) is 4.74 Å². The number of aliphatic hydroxyl groups excluding tert-OH is 1. The van der Waals surface area contributed by atoms with Crippen molar-refractivity contribution in [2.24, 2.45) is 46.8 Å². The molecule has 4 aliphatic carbocycles. The Morgan fingerprint density at radius 3 is 2.52 bits per heavy atom. The predicted molar refractivity (Wildman–Crippen MR) is 108 cm³/mol. The summed E-state index contributed by atoms with van der Waals surface area (Å²) in [7, 11) is 0. The molecule has 0 radical (unpaired) electrons. The smallest absolute Gasteiger partial charge is 0.0883 e. The van der Waals surface area contributed by atoms with Crippen LogP contribution in [0.5, 0.6) is 0 Å². The molecular formula is C24H42O3. The number of rotatable bonds is 5. The maximum absolute atomic E-state index is 11.0. The first kappa shape index (κ1) is 20.2. The zero-order chi connectivity index (χ0) is 19.2. The van der Waals surface area contributed by atoms with Gasteiger partial charge in [-0.1, -0.05) is 13.8 Å². The molecule has 4 rings (SSSR count). The quantitative estimate of drug-likeness (QED) is 0.732. The van der Waals surface area contributed by atoms with Gasteiger partial charge in [0, 0.05) is 13.2 Å². The van der Waals surface area contributed by atoms with E-state index in [9.17, 15) is 10.2 Å². The van der Waals surface area contributed by atoms with Gasteiger partial charge in [0.2, 0.25) is 0 Å². The third-order valence-corrected chi connectivity index (χ3v) is 9.73. The van der Waals surface area contributed by atoms with Crippen LogP contribution in [0.2, 0.25) is 0 Å². The third-order valence-electron chi connectivity index (χ3n) is 9.73. The lowest BCUT2D eigenvalue weighted by Crippen LogP contribution is -2.52. The maximum atomic E-state index is 11.0. The van der Waals surface area contributed by atoms with Gasteiger partial charge in [0.05, 0.1) is 12.2 Å². The van der Waals surface area contributed by atoms with Crippen molar-refractivity contribution in [1.29, 1.82) is 0 Å². The van der Waals surface area contributed by atoms with E-state index >= 15 is 0 Å². The fraction of sp³-hybridized carbons (Fsp3) is 1.00. The monoisotopic (exact) mass is 378 g/mol. The standard InChI is InChI=1S/C24H42O3/c1-4-27-15-24(26)12-10-18-17(13-24)5-6-20-19(18)9-11-23(3)21(16(2)14-25)7-8-22(20)23/h16-22,25-26H,4-15H2,1-3H3/t16?,17-,18?,19+,20?,21?,22-,23+,24+/m0/s1. The van der Waals surface area contributed by atoms with Crippen molar-refractivity contribution in [3.8, 4) is 0 Å². The second-order valence-corrected chi connectivity index (χ2v) is 10.9. The summed E-state index contributed by atoms with van der Waals surface area (Å²) in [5.41, 5.74) is -0.108. The average Bonchev–Trinajstić information content (AvgIpc) is 3.02. The van der Waals surface area contributed by atoms with Crippen molar-refractivity contribution >= 4 is 0 Å². The van der Waals surface area contributed by atoms with Crippen molar-refractivity contribution in [2.45, 2.75) is 84.2 Å². The van der Waals surface area contributed by atoms with Gasteiger partial charge in [-0.25, -0.2) is 0 Å². The summed E-state index contributed by atoms with van der Waals surface area (Å²) in [6.45, 7) is 8.43. The van der Waals surface area contributed by atoms with Gasteiger partial charge in [-0.05, 0) is 112 Å². The molecule has 0 bridgehead atoms. The summed E-state index contributed by atoms with van der Waals surface area (Å²) in [5.74, 6) is 5.39. The highest BCUT2D eigenvalue weighted by molar-refractivity contribution is 5.07. The highest BCUT2D eigenvalue weighted by Crippen LogP contribution is 2.65. The Morgan fingerprint density at radius 1 is 1.00 bits per heavy atom. The molecule has 4 aliphatic rings. The molecule has 0 aromatic carbocycles. The summed E-state index contributed by atoms with van der Waals surface area (Å²) in [6.07, 6.45) is 11.3. The van der Waals surface area contributed by atoms with Crippen molar-refractivity contribution in [3.05, 3.63) is 0 Å². The molecule has 3 heteroatoms. The van der Waals surface area contributed by atoms with Crippen molar-refractivity contribution in [1.82, 2.24) is 0 Å². The van der Waals surface area contributed by atoms with E-state index in [1.807, 2.05) is 6.92 Å². The molecule has 0 heterocycles. The minimum Gasteiger partial charge on any atom is -0.396 e. The van der Waals surface area contributed by atoms with E-state index in [1.54, 1.807) is 0 Å². The zero-order valence-electron chi connectivity index (χ0n) is 17.8. The number of aliphatic hydroxyl groups is 2. The van der Waals surface area contributed by atoms with Gasteiger partial charge in [0.15, 0.2) is 0 Å². The summed E-state index contributed by atoms with van der Waals surface area (Å²) >= 11 is 0. The Morgan fingerprint density at radius 2 is 1.78 bits per heavy atom. The van der Waals surface area contributed by atoms with Crippen LogP contribution in [0.4, 0.5) is 0 Å². The van der Waals surface area contributed by atoms with Crippen LogP contribution < -0.4 is 0 Å². The molecule has 0 aromatic heterocycles. The van der Waals surface area contributed by atoms with Gasteiger partial charge in [-0.2, -0.15) is 0 Å². The topological polar surface area (TPSA) is 49.7 Å². The van der Waals surface area contributed by atoms with Gasteiger partial charge in [0.1, 0.15) is 0 Å². The van der Waals surface area contributed by atoms with E-state index in [0.717, 1.165) is 36.5 Å². The zero-order valence-corrected chi connectivity index (χ0v) is 17.8. The van der Waals surface area contributed by atoms with Gasteiger partial charge in [-0.15, -0.1) is 0 Å². The van der Waals surface area contributed by atoms with Crippen LogP contribution in [0.3, 0.4) is 0 Å². The van der Waals surface area contributed by atoms with E-state index < -0.39 is 5.60 Å². The second-order valence-electron chi connectivity index (χ2n) is 10.9. The van der Waals surface area contributed by atoms with Crippen molar-refractivity contribution in [2.75, 3.05) is 19.8 Å². The fourth-order valence-corrected chi connectivity index (χ4v) is 8.49. The van der Waals surface area contributed by atoms with Crippen LogP contribution in [0.1, 0.15) is 78.6 Å². The molecule has 156 valence electrons. The average molecular weight is 379 g/mol. The van der Waals surface area contributed by atoms with E-state index in [4.69, 9.17) is 4.74 Å². The lowest BCUT2D eigenvalue weighted by molar-refractivity contribution is -0.129. The van der Waals surface area contributed by atoms with Gasteiger partial charge >= 0.3 is 0 Å². The third kappa shape index (κ3) is 3.40. The number of hydrogen-bond donors (Lipinski definition) is 2. The first-order chi connectivity index (χ1) is 12.9. The molecule has 4 saturated carbocycles. The van der Waals surface area contributed by atoms with Gasteiger partial charge in [0.25, 0.3) is 0 Å². The molecule has 0 spiro atoms. The molecule has 2 N–H and O–H groups in total. The molecule has 27 heavy (non-hydrogen) atoms. The molecule has 0 aromatic rings. The van der Waals surface area contributed by atoms with Crippen LogP contribution in [0, 0.1) is 46.8 Å². The van der Waals surface area contributed by atoms with Gasteiger partial charge in [-0.3, -0.25) is 0 Å². The Hall–Kier alpha value is -0.120. The molecule has 4 unspecified atom stereocenters. The highest BCUT2D eigenvalue weighted by atomic mass is 16.5. The minimum atomic E-state index is -0.567. The van der Waals surface area contributed by atoms with E-state index in [0.29, 0.717) is 43.0 Å². The summed E-state index contributed by atoms with van der Waals surface area (Å²) in [6, 6.07) is 0. The predicted octanol–water partition coefficient (Wildman–Crippen LogP) is 4.65. The minimum absolute atomic E-state index is 0.351. The van der Waals surface area contributed by atoms with Crippen LogP contribution in [0.15, 0.2) is 0 Å². The Kier molecular flexibility index (Phi) is 5.68. The highest BCUT2D eigenvalue weighted by Gasteiger charge is 2.58. The number of fused-ring (bicyclic) bond motifs is 5. The van der Waals surface area contributed by atoms with E-state index in [-0.39, 0.29) is 0 Å². The summed E-state index contributed by atoms with van der Waals surface area (Å²) < 4.78 is 5.61. The molecule has 0 saturated heterocycles. The van der Waals surface area contributed by atoms with Gasteiger partial charge < -0.3 is 14.9 Å². The summed E-state index contributed by atoms with van der Waals surface area (Å²) in [4.78, 5) is 0. The second kappa shape index (κ2) is 7.61. The Bertz CT molecular complexity index is 522. The Labute approximate surface area is 166 Å². The molecule has 3 nitrogen and oxygen atoms in total. The van der Waals surface area contributed by atoms with E-state index in [2.05, 4.69) is 13.8 Å². The Balaban J connectivity index is 1.46. The lowest BCUT2D eigenvalue weighted by Gasteiger charge is -2.57. The maximum Gasteiger partial charge on any atom is 0.0883 e. The normalized spacial score (nSPS) is 50.6. The van der Waals surface area contributed by atoms with Crippen LogP contribution in [0.25, 0.3) is 0 Å². The molecule has 0 amide bonds. The largest absolute Gasteiger partial charge is 0.396 e. The van der Waals surface area contributed by atoms with Crippen LogP contribution >= 0.6 is 0 Å². The molecule has 9 atom stereocenters. The molecule has 4 fully saturated rings. The first-order valence-corrected chi connectivity index (χ1v) is 11.8. The van der Waals surface area contributed by atoms with Crippen molar-refractivity contribution < 1.29 is 14.9 Å².